The van der Waals surface area contributed by atoms with Gasteiger partial charge in [-0.05, 0) is 37.3 Å². The van der Waals surface area contributed by atoms with Crippen molar-refractivity contribution in [2.45, 2.75) is 52.0 Å². The SMILES string of the molecule is Cc1ccc(N)c(CC(=O)NC2CCCC(C)C2)c1. The maximum Gasteiger partial charge on any atom is 0.224 e. The van der Waals surface area contributed by atoms with Gasteiger partial charge in [-0.25, -0.2) is 0 Å². The number of benzene rings is 1. The first-order chi connectivity index (χ1) is 9.04. The molecule has 0 aromatic heterocycles. The van der Waals surface area contributed by atoms with Gasteiger partial charge in [0.2, 0.25) is 5.91 Å². The number of anilines is 1. The first-order valence-corrected chi connectivity index (χ1v) is 7.19. The Morgan fingerprint density at radius 1 is 1.42 bits per heavy atom. The minimum absolute atomic E-state index is 0.0939. The lowest BCUT2D eigenvalue weighted by Crippen LogP contribution is -2.38. The summed E-state index contributed by atoms with van der Waals surface area (Å²) in [6.45, 7) is 4.28. The number of hydrogen-bond acceptors (Lipinski definition) is 2. The van der Waals surface area contributed by atoms with Gasteiger partial charge in [-0.2, -0.15) is 0 Å². The van der Waals surface area contributed by atoms with Gasteiger partial charge in [-0.15, -0.1) is 0 Å². The molecule has 2 atom stereocenters. The van der Waals surface area contributed by atoms with Crippen LogP contribution in [0.4, 0.5) is 5.69 Å². The Morgan fingerprint density at radius 2 is 2.21 bits per heavy atom. The van der Waals surface area contributed by atoms with E-state index in [2.05, 4.69) is 12.2 Å². The molecule has 1 fully saturated rings. The van der Waals surface area contributed by atoms with Crippen molar-refractivity contribution in [3.63, 3.8) is 0 Å². The molecule has 0 saturated heterocycles. The molecule has 0 radical (unpaired) electrons. The summed E-state index contributed by atoms with van der Waals surface area (Å²) in [5, 5.41) is 3.15. The van der Waals surface area contributed by atoms with Gasteiger partial charge < -0.3 is 11.1 Å². The van der Waals surface area contributed by atoms with E-state index in [1.165, 1.54) is 12.8 Å². The van der Waals surface area contributed by atoms with Crippen LogP contribution in [0.5, 0.6) is 0 Å². The molecule has 0 aliphatic heterocycles. The quantitative estimate of drug-likeness (QED) is 0.821. The van der Waals surface area contributed by atoms with Gasteiger partial charge in [0.25, 0.3) is 0 Å². The van der Waals surface area contributed by atoms with Gasteiger partial charge in [0.1, 0.15) is 0 Å². The summed E-state index contributed by atoms with van der Waals surface area (Å²) < 4.78 is 0. The van der Waals surface area contributed by atoms with Crippen LogP contribution in [0.2, 0.25) is 0 Å². The predicted molar refractivity (Wildman–Crippen MR) is 78.9 cm³/mol. The summed E-state index contributed by atoms with van der Waals surface area (Å²) in [6, 6.07) is 6.20. The smallest absolute Gasteiger partial charge is 0.224 e. The van der Waals surface area contributed by atoms with Crippen molar-refractivity contribution >= 4 is 11.6 Å². The van der Waals surface area contributed by atoms with E-state index in [9.17, 15) is 4.79 Å². The fourth-order valence-electron chi connectivity index (χ4n) is 2.90. The van der Waals surface area contributed by atoms with Crippen molar-refractivity contribution in [3.05, 3.63) is 29.3 Å². The molecule has 1 aromatic carbocycles. The molecule has 104 valence electrons. The highest BCUT2D eigenvalue weighted by molar-refractivity contribution is 5.80. The van der Waals surface area contributed by atoms with Crippen LogP contribution in [0.15, 0.2) is 18.2 Å². The van der Waals surface area contributed by atoms with Gasteiger partial charge in [0.05, 0.1) is 6.42 Å². The monoisotopic (exact) mass is 260 g/mol. The Kier molecular flexibility index (Phi) is 4.46. The molecule has 2 unspecified atom stereocenters. The number of hydrogen-bond donors (Lipinski definition) is 2. The second-order valence-electron chi connectivity index (χ2n) is 5.92. The van der Waals surface area contributed by atoms with E-state index in [1.54, 1.807) is 0 Å². The Bertz CT molecular complexity index is 456. The number of nitrogens with two attached hydrogens (primary N) is 1. The molecule has 1 amide bonds. The lowest BCUT2D eigenvalue weighted by atomic mass is 9.87. The van der Waals surface area contributed by atoms with Crippen LogP contribution in [0.25, 0.3) is 0 Å². The second kappa shape index (κ2) is 6.09. The molecular weight excluding hydrogens is 236 g/mol. The molecule has 0 spiro atoms. The van der Waals surface area contributed by atoms with E-state index in [4.69, 9.17) is 5.73 Å². The minimum atomic E-state index is 0.0939. The number of amides is 1. The van der Waals surface area contributed by atoms with E-state index in [0.717, 1.165) is 29.9 Å². The third-order valence-electron chi connectivity index (χ3n) is 3.95. The first-order valence-electron chi connectivity index (χ1n) is 7.19. The van der Waals surface area contributed by atoms with Crippen molar-refractivity contribution in [3.8, 4) is 0 Å². The van der Waals surface area contributed by atoms with E-state index >= 15 is 0 Å². The van der Waals surface area contributed by atoms with Crippen molar-refractivity contribution < 1.29 is 4.79 Å². The zero-order chi connectivity index (χ0) is 13.8. The lowest BCUT2D eigenvalue weighted by Gasteiger charge is -2.27. The minimum Gasteiger partial charge on any atom is -0.398 e. The molecule has 0 bridgehead atoms. The van der Waals surface area contributed by atoms with Crippen molar-refractivity contribution in [2.24, 2.45) is 5.92 Å². The predicted octanol–water partition coefficient (Wildman–Crippen LogP) is 2.81. The number of carbonyl (C=O) groups is 1. The topological polar surface area (TPSA) is 55.1 Å². The van der Waals surface area contributed by atoms with Crippen molar-refractivity contribution in [1.82, 2.24) is 5.32 Å². The van der Waals surface area contributed by atoms with Crippen LogP contribution < -0.4 is 11.1 Å². The first kappa shape index (κ1) is 13.9. The van der Waals surface area contributed by atoms with Crippen molar-refractivity contribution in [1.29, 1.82) is 0 Å². The normalized spacial score (nSPS) is 23.1. The van der Waals surface area contributed by atoms with Crippen molar-refractivity contribution in [2.75, 3.05) is 5.73 Å². The second-order valence-corrected chi connectivity index (χ2v) is 5.92. The highest BCUT2D eigenvalue weighted by Gasteiger charge is 2.20. The van der Waals surface area contributed by atoms with Crippen LogP contribution in [-0.2, 0) is 11.2 Å². The van der Waals surface area contributed by atoms with E-state index < -0.39 is 0 Å². The summed E-state index contributed by atoms with van der Waals surface area (Å²) in [7, 11) is 0. The molecule has 1 aliphatic carbocycles. The Morgan fingerprint density at radius 3 is 2.95 bits per heavy atom. The molecular formula is C16H24N2O. The van der Waals surface area contributed by atoms with E-state index in [1.807, 2.05) is 25.1 Å². The lowest BCUT2D eigenvalue weighted by molar-refractivity contribution is -0.121. The summed E-state index contributed by atoms with van der Waals surface area (Å²) in [5.74, 6) is 0.819. The number of nitrogens with one attached hydrogen (secondary N) is 1. The maximum absolute atomic E-state index is 12.1. The van der Waals surface area contributed by atoms with Crippen LogP contribution in [0, 0.1) is 12.8 Å². The number of carbonyl (C=O) groups excluding carboxylic acids is 1. The Hall–Kier alpha value is -1.51. The average molecular weight is 260 g/mol. The van der Waals surface area contributed by atoms with Crippen LogP contribution in [-0.4, -0.2) is 11.9 Å². The molecule has 19 heavy (non-hydrogen) atoms. The largest absolute Gasteiger partial charge is 0.398 e. The standard InChI is InChI=1S/C16H24N2O/c1-11-4-3-5-14(9-11)18-16(19)10-13-8-12(2)6-7-15(13)17/h6-8,11,14H,3-5,9-10,17H2,1-2H3,(H,18,19). The molecule has 3 N–H and O–H groups in total. The third kappa shape index (κ3) is 3.98. The van der Waals surface area contributed by atoms with Crippen LogP contribution in [0.1, 0.15) is 43.7 Å². The molecule has 1 aliphatic rings. The van der Waals surface area contributed by atoms with E-state index in [-0.39, 0.29) is 5.91 Å². The fraction of sp³-hybridized carbons (Fsp3) is 0.562. The molecule has 0 heterocycles. The average Bonchev–Trinajstić information content (AvgIpc) is 2.34. The number of aryl methyl sites for hydroxylation is 1. The Labute approximate surface area is 115 Å². The molecule has 1 saturated carbocycles. The summed E-state index contributed by atoms with van der Waals surface area (Å²) >= 11 is 0. The van der Waals surface area contributed by atoms with Gasteiger partial charge in [0, 0.05) is 11.7 Å². The van der Waals surface area contributed by atoms with Gasteiger partial charge >= 0.3 is 0 Å². The van der Waals surface area contributed by atoms with Crippen LogP contribution >= 0.6 is 0 Å². The summed E-state index contributed by atoms with van der Waals surface area (Å²) in [4.78, 5) is 12.1. The highest BCUT2D eigenvalue weighted by Crippen LogP contribution is 2.23. The summed E-state index contributed by atoms with van der Waals surface area (Å²) in [5.41, 5.74) is 8.69. The third-order valence-corrected chi connectivity index (χ3v) is 3.95. The van der Waals surface area contributed by atoms with Gasteiger partial charge in [-0.1, -0.05) is 37.5 Å². The fourth-order valence-corrected chi connectivity index (χ4v) is 2.90. The number of nitrogen functional groups attached to an aromatic ring is 1. The highest BCUT2D eigenvalue weighted by atomic mass is 16.1. The van der Waals surface area contributed by atoms with E-state index in [0.29, 0.717) is 18.2 Å². The van der Waals surface area contributed by atoms with Gasteiger partial charge in [-0.3, -0.25) is 4.79 Å². The molecule has 2 rings (SSSR count). The van der Waals surface area contributed by atoms with Crippen LogP contribution in [0.3, 0.4) is 0 Å². The zero-order valence-electron chi connectivity index (χ0n) is 11.9. The zero-order valence-corrected chi connectivity index (χ0v) is 11.9. The molecule has 3 heteroatoms. The Balaban J connectivity index is 1.92. The molecule has 3 nitrogen and oxygen atoms in total. The molecule has 1 aromatic rings. The number of rotatable bonds is 3. The summed E-state index contributed by atoms with van der Waals surface area (Å²) in [6.07, 6.45) is 5.11. The van der Waals surface area contributed by atoms with Gasteiger partial charge in [0.15, 0.2) is 0 Å². The maximum atomic E-state index is 12.1.